The third-order valence-electron chi connectivity index (χ3n) is 2.03. The van der Waals surface area contributed by atoms with Crippen LogP contribution in [-0.2, 0) is 4.74 Å². The molecule has 4 nitrogen and oxygen atoms in total. The van der Waals surface area contributed by atoms with Crippen LogP contribution < -0.4 is 0 Å². The van der Waals surface area contributed by atoms with Crippen LogP contribution in [0.2, 0.25) is 0 Å². The van der Waals surface area contributed by atoms with Crippen LogP contribution in [0.3, 0.4) is 0 Å². The SMILES string of the molecule is CN(C)CN1C(=O)OC1(C(F)(F)F)C(F)(F)F. The number of alkyl halides is 6. The van der Waals surface area contributed by atoms with Gasteiger partial charge in [0.15, 0.2) is 0 Å². The fourth-order valence-electron chi connectivity index (χ4n) is 1.35. The highest BCUT2D eigenvalue weighted by Crippen LogP contribution is 2.53. The molecule has 1 rings (SSSR count). The van der Waals surface area contributed by atoms with Crippen molar-refractivity contribution in [3.8, 4) is 0 Å². The van der Waals surface area contributed by atoms with Crippen LogP contribution in [0.5, 0.6) is 0 Å². The van der Waals surface area contributed by atoms with Gasteiger partial charge in [-0.15, -0.1) is 0 Å². The lowest BCUT2D eigenvalue weighted by Crippen LogP contribution is -2.79. The zero-order valence-corrected chi connectivity index (χ0v) is 8.69. The third-order valence-corrected chi connectivity index (χ3v) is 2.03. The number of ether oxygens (including phenoxy) is 1. The highest BCUT2D eigenvalue weighted by molar-refractivity contribution is 5.75. The summed E-state index contributed by atoms with van der Waals surface area (Å²) < 4.78 is 78.2. The molecule has 10 heteroatoms. The van der Waals surface area contributed by atoms with Gasteiger partial charge in [0.25, 0.3) is 0 Å². The van der Waals surface area contributed by atoms with Crippen LogP contribution in [0.1, 0.15) is 0 Å². The Hall–Kier alpha value is -1.19. The third kappa shape index (κ3) is 1.90. The van der Waals surface area contributed by atoms with Crippen LogP contribution in [0.15, 0.2) is 0 Å². The number of carbonyl (C=O) groups is 1. The van der Waals surface area contributed by atoms with Crippen molar-refractivity contribution in [3.63, 3.8) is 0 Å². The molecule has 1 heterocycles. The van der Waals surface area contributed by atoms with Gasteiger partial charge in [-0.3, -0.25) is 4.90 Å². The zero-order valence-electron chi connectivity index (χ0n) is 8.69. The van der Waals surface area contributed by atoms with E-state index >= 15 is 0 Å². The van der Waals surface area contributed by atoms with Crippen LogP contribution >= 0.6 is 0 Å². The molecule has 0 N–H and O–H groups in total. The lowest BCUT2D eigenvalue weighted by atomic mass is 10.1. The highest BCUT2D eigenvalue weighted by atomic mass is 19.4. The largest absolute Gasteiger partial charge is 0.459 e. The van der Waals surface area contributed by atoms with E-state index in [4.69, 9.17) is 0 Å². The average Bonchev–Trinajstić information content (AvgIpc) is 2.05. The number of rotatable bonds is 2. The molecule has 1 saturated heterocycles. The molecule has 1 fully saturated rings. The van der Waals surface area contributed by atoms with Gasteiger partial charge in [0.05, 0.1) is 6.67 Å². The molecule has 1 aliphatic heterocycles. The van der Waals surface area contributed by atoms with Gasteiger partial charge in [0.2, 0.25) is 0 Å². The molecular weight excluding hydrogens is 258 g/mol. The van der Waals surface area contributed by atoms with Gasteiger partial charge in [-0.2, -0.15) is 26.3 Å². The predicted octanol–water partition coefficient (Wildman–Crippen LogP) is 1.78. The smallest absolute Gasteiger partial charge is 0.403 e. The summed E-state index contributed by atoms with van der Waals surface area (Å²) in [5.41, 5.74) is -4.54. The van der Waals surface area contributed by atoms with E-state index in [1.54, 1.807) is 0 Å². The molecule has 100 valence electrons. The number of hydrogen-bond acceptors (Lipinski definition) is 3. The summed E-state index contributed by atoms with van der Waals surface area (Å²) in [4.78, 5) is 11.3. The summed E-state index contributed by atoms with van der Waals surface area (Å²) in [5.74, 6) is 0. The van der Waals surface area contributed by atoms with Crippen molar-refractivity contribution in [1.82, 2.24) is 9.80 Å². The van der Waals surface area contributed by atoms with Gasteiger partial charge in [-0.1, -0.05) is 0 Å². The Morgan fingerprint density at radius 2 is 1.59 bits per heavy atom. The molecular formula is C7H8F6N2O2. The van der Waals surface area contributed by atoms with Crippen molar-refractivity contribution in [3.05, 3.63) is 0 Å². The molecule has 17 heavy (non-hydrogen) atoms. The first-order valence-electron chi connectivity index (χ1n) is 4.22. The molecule has 0 aromatic heterocycles. The van der Waals surface area contributed by atoms with E-state index in [1.165, 1.54) is 14.1 Å². The van der Waals surface area contributed by atoms with E-state index in [2.05, 4.69) is 4.74 Å². The van der Waals surface area contributed by atoms with Gasteiger partial charge >= 0.3 is 24.2 Å². The normalized spacial score (nSPS) is 20.3. The fourth-order valence-corrected chi connectivity index (χ4v) is 1.35. The second-order valence-corrected chi connectivity index (χ2v) is 3.66. The lowest BCUT2D eigenvalue weighted by molar-refractivity contribution is -0.442. The first kappa shape index (κ1) is 13.9. The maximum atomic E-state index is 12.5. The topological polar surface area (TPSA) is 32.8 Å². The van der Waals surface area contributed by atoms with Crippen molar-refractivity contribution in [1.29, 1.82) is 0 Å². The standard InChI is InChI=1S/C7H8F6N2O2/c1-14(2)3-15-4(16)17-5(15,6(8,9)10)7(11,12)13/h3H2,1-2H3. The maximum absolute atomic E-state index is 12.5. The van der Waals surface area contributed by atoms with E-state index in [-0.39, 0.29) is 0 Å². The van der Waals surface area contributed by atoms with E-state index in [9.17, 15) is 31.1 Å². The fraction of sp³-hybridized carbons (Fsp3) is 0.857. The van der Waals surface area contributed by atoms with E-state index < -0.39 is 35.7 Å². The first-order chi connectivity index (χ1) is 7.43. The monoisotopic (exact) mass is 266 g/mol. The Balaban J connectivity index is 3.14. The van der Waals surface area contributed by atoms with E-state index in [1.807, 2.05) is 0 Å². The number of nitrogens with zero attached hydrogens (tertiary/aromatic N) is 2. The van der Waals surface area contributed by atoms with Crippen LogP contribution in [-0.4, -0.2) is 54.7 Å². The Morgan fingerprint density at radius 1 is 1.18 bits per heavy atom. The maximum Gasteiger partial charge on any atom is 0.459 e. The highest BCUT2D eigenvalue weighted by Gasteiger charge is 2.84. The number of amides is 1. The Morgan fingerprint density at radius 3 is 1.82 bits per heavy atom. The first-order valence-corrected chi connectivity index (χ1v) is 4.22. The summed E-state index contributed by atoms with van der Waals surface area (Å²) in [6, 6.07) is 0. The number of hydrogen-bond donors (Lipinski definition) is 0. The molecule has 0 radical (unpaired) electrons. The lowest BCUT2D eigenvalue weighted by Gasteiger charge is -2.51. The zero-order chi connectivity index (χ0) is 13.6. The minimum absolute atomic E-state index is 0.410. The predicted molar refractivity (Wildman–Crippen MR) is 41.7 cm³/mol. The second-order valence-electron chi connectivity index (χ2n) is 3.66. The number of carbonyl (C=O) groups excluding carboxylic acids is 1. The molecule has 0 aromatic rings. The Bertz CT molecular complexity index is 309. The molecule has 0 atom stereocenters. The summed E-state index contributed by atoms with van der Waals surface area (Å²) in [6.45, 7) is -0.849. The average molecular weight is 266 g/mol. The Kier molecular flexibility index (Phi) is 2.98. The second kappa shape index (κ2) is 3.65. The summed E-state index contributed by atoms with van der Waals surface area (Å²) in [7, 11) is 2.45. The van der Waals surface area contributed by atoms with Crippen molar-refractivity contribution in [2.75, 3.05) is 20.8 Å². The summed E-state index contributed by atoms with van der Waals surface area (Å²) in [5, 5.41) is 0. The van der Waals surface area contributed by atoms with Crippen molar-refractivity contribution < 1.29 is 35.9 Å². The van der Waals surface area contributed by atoms with Gasteiger partial charge in [-0.25, -0.2) is 9.69 Å². The summed E-state index contributed by atoms with van der Waals surface area (Å²) >= 11 is 0. The van der Waals surface area contributed by atoms with Gasteiger partial charge in [0.1, 0.15) is 0 Å². The minimum atomic E-state index is -5.75. The molecule has 1 amide bonds. The van der Waals surface area contributed by atoms with Gasteiger partial charge in [-0.05, 0) is 14.1 Å². The summed E-state index contributed by atoms with van der Waals surface area (Å²) in [6.07, 6.45) is -13.2. The van der Waals surface area contributed by atoms with Crippen LogP contribution in [0.4, 0.5) is 31.1 Å². The molecule has 0 spiro atoms. The Labute approximate surface area is 91.7 Å². The molecule has 0 aromatic carbocycles. The molecule has 1 aliphatic rings. The minimum Gasteiger partial charge on any atom is -0.403 e. The molecule has 0 unspecified atom stereocenters. The van der Waals surface area contributed by atoms with Crippen molar-refractivity contribution >= 4 is 6.09 Å². The van der Waals surface area contributed by atoms with E-state index in [0.717, 1.165) is 4.90 Å². The molecule has 0 saturated carbocycles. The van der Waals surface area contributed by atoms with Gasteiger partial charge in [0, 0.05) is 0 Å². The number of cyclic esters (lactones) is 1. The van der Waals surface area contributed by atoms with Crippen LogP contribution in [0, 0.1) is 0 Å². The number of halogens is 6. The quantitative estimate of drug-likeness (QED) is 0.714. The molecule has 0 bridgehead atoms. The van der Waals surface area contributed by atoms with Crippen molar-refractivity contribution in [2.45, 2.75) is 18.1 Å². The van der Waals surface area contributed by atoms with E-state index in [0.29, 0.717) is 0 Å². The van der Waals surface area contributed by atoms with Crippen LogP contribution in [0.25, 0.3) is 0 Å². The van der Waals surface area contributed by atoms with Crippen molar-refractivity contribution in [2.24, 2.45) is 0 Å². The van der Waals surface area contributed by atoms with Gasteiger partial charge < -0.3 is 4.74 Å². The molecule has 0 aliphatic carbocycles.